The Bertz CT molecular complexity index is 1610. The molecular formula is C31H34N6O4. The number of nitrogens with zero attached hydrogens (tertiary/aromatic N) is 5. The van der Waals surface area contributed by atoms with Crippen molar-refractivity contribution < 1.29 is 14.6 Å². The number of likely N-dealkylation sites (tertiary alicyclic amines) is 1. The molecule has 2 aliphatic heterocycles. The molecule has 1 atom stereocenters. The van der Waals surface area contributed by atoms with Crippen molar-refractivity contribution in [3.05, 3.63) is 71.4 Å². The van der Waals surface area contributed by atoms with Gasteiger partial charge in [-0.2, -0.15) is 5.10 Å². The highest BCUT2D eigenvalue weighted by atomic mass is 16.5. The summed E-state index contributed by atoms with van der Waals surface area (Å²) >= 11 is 0. The molecule has 3 aliphatic rings. The van der Waals surface area contributed by atoms with Crippen LogP contribution in [0.25, 0.3) is 27.8 Å². The third kappa shape index (κ3) is 5.25. The summed E-state index contributed by atoms with van der Waals surface area (Å²) in [5.41, 5.74) is 2.13. The molecule has 0 bridgehead atoms. The summed E-state index contributed by atoms with van der Waals surface area (Å²) in [5.74, 6) is 1.25. The quantitative estimate of drug-likeness (QED) is 0.361. The average molecular weight is 555 g/mol. The topological polar surface area (TPSA) is 115 Å². The predicted molar refractivity (Wildman–Crippen MR) is 154 cm³/mol. The van der Waals surface area contributed by atoms with Gasteiger partial charge in [-0.05, 0) is 74.0 Å². The van der Waals surface area contributed by atoms with E-state index >= 15 is 0 Å². The van der Waals surface area contributed by atoms with Gasteiger partial charge in [0.1, 0.15) is 23.6 Å². The lowest BCUT2D eigenvalue weighted by Gasteiger charge is -2.38. The lowest BCUT2D eigenvalue weighted by atomic mass is 9.91. The van der Waals surface area contributed by atoms with Crippen LogP contribution in [0.1, 0.15) is 32.1 Å². The number of aliphatic hydroxyl groups is 1. The number of nitrogens with one attached hydrogen (secondary N) is 1. The van der Waals surface area contributed by atoms with Crippen LogP contribution in [-0.2, 0) is 11.3 Å². The number of benzene rings is 2. The Morgan fingerprint density at radius 2 is 1.73 bits per heavy atom. The standard InChI is InChI=1S/C31H34N6O4/c38-29(23-1-2-23)35-15-12-31(40,13-16-35)19-36-20-33-28-27(30(36)39)18-34-37(28)24-7-3-21(4-8-24)22-5-9-25(10-6-22)41-26-11-14-32-17-26/h3-10,18,20,23,26,32,40H,1-2,11-17,19H2/t26-/m1/s1. The van der Waals surface area contributed by atoms with E-state index in [4.69, 9.17) is 4.74 Å². The number of hydrogen-bond donors (Lipinski definition) is 2. The second-order valence-corrected chi connectivity index (χ2v) is 11.6. The van der Waals surface area contributed by atoms with E-state index in [1.807, 2.05) is 41.3 Å². The van der Waals surface area contributed by atoms with Gasteiger partial charge in [0.25, 0.3) is 5.56 Å². The Balaban J connectivity index is 1.04. The summed E-state index contributed by atoms with van der Waals surface area (Å²) in [6, 6.07) is 16.1. The van der Waals surface area contributed by atoms with Crippen LogP contribution in [0, 0.1) is 5.92 Å². The van der Waals surface area contributed by atoms with Gasteiger partial charge < -0.3 is 20.1 Å². The fourth-order valence-corrected chi connectivity index (χ4v) is 5.90. The summed E-state index contributed by atoms with van der Waals surface area (Å²) in [5, 5.41) is 19.4. The van der Waals surface area contributed by atoms with E-state index in [0.717, 1.165) is 54.9 Å². The van der Waals surface area contributed by atoms with E-state index in [0.29, 0.717) is 37.0 Å². The number of rotatable bonds is 7. The SMILES string of the molecule is O=C(C1CC1)N1CCC(O)(Cn2cnc3c(cnn3-c3ccc(-c4ccc(O[C@@H]5CCNC5)cc4)cc3)c2=O)CC1. The molecule has 3 fully saturated rings. The third-order valence-electron chi connectivity index (χ3n) is 8.57. The van der Waals surface area contributed by atoms with Crippen LogP contribution in [0.15, 0.2) is 65.8 Å². The van der Waals surface area contributed by atoms with Crippen molar-refractivity contribution in [2.75, 3.05) is 26.2 Å². The zero-order valence-corrected chi connectivity index (χ0v) is 22.9. The van der Waals surface area contributed by atoms with Gasteiger partial charge in [-0.1, -0.05) is 24.3 Å². The first-order valence-electron chi connectivity index (χ1n) is 14.5. The molecule has 1 saturated carbocycles. The highest BCUT2D eigenvalue weighted by Gasteiger charge is 2.39. The average Bonchev–Trinajstić information content (AvgIpc) is 3.55. The van der Waals surface area contributed by atoms with Gasteiger partial charge in [0.15, 0.2) is 5.65 Å². The molecule has 7 rings (SSSR count). The van der Waals surface area contributed by atoms with Crippen molar-refractivity contribution in [1.29, 1.82) is 0 Å². The molecule has 4 heterocycles. The minimum atomic E-state index is -1.05. The first-order valence-corrected chi connectivity index (χ1v) is 14.5. The van der Waals surface area contributed by atoms with Crippen molar-refractivity contribution in [1.82, 2.24) is 29.5 Å². The maximum Gasteiger partial charge on any atom is 0.264 e. The Hall–Kier alpha value is -4.02. The molecule has 10 nitrogen and oxygen atoms in total. The van der Waals surface area contributed by atoms with E-state index in [-0.39, 0.29) is 30.0 Å². The monoisotopic (exact) mass is 554 g/mol. The minimum absolute atomic E-state index is 0.140. The van der Waals surface area contributed by atoms with Crippen LogP contribution in [0.3, 0.4) is 0 Å². The van der Waals surface area contributed by atoms with Crippen LogP contribution in [0.5, 0.6) is 5.75 Å². The highest BCUT2D eigenvalue weighted by molar-refractivity contribution is 5.81. The van der Waals surface area contributed by atoms with Gasteiger partial charge in [0, 0.05) is 25.6 Å². The van der Waals surface area contributed by atoms with Crippen LogP contribution in [-0.4, -0.2) is 73.1 Å². The second kappa shape index (κ2) is 10.4. The van der Waals surface area contributed by atoms with Gasteiger partial charge in [0.05, 0.1) is 24.0 Å². The molecule has 2 aromatic heterocycles. The summed E-state index contributed by atoms with van der Waals surface area (Å²) in [4.78, 5) is 32.1. The fraction of sp³-hybridized carbons (Fsp3) is 0.419. The van der Waals surface area contributed by atoms with Gasteiger partial charge in [-0.3, -0.25) is 14.2 Å². The zero-order valence-electron chi connectivity index (χ0n) is 22.9. The van der Waals surface area contributed by atoms with Crippen molar-refractivity contribution in [3.63, 3.8) is 0 Å². The Kier molecular flexibility index (Phi) is 6.59. The molecule has 2 N–H and O–H groups in total. The van der Waals surface area contributed by atoms with E-state index in [2.05, 4.69) is 27.5 Å². The van der Waals surface area contributed by atoms with Crippen LogP contribution >= 0.6 is 0 Å². The number of ether oxygens (including phenoxy) is 1. The maximum atomic E-state index is 13.3. The number of amides is 1. The summed E-state index contributed by atoms with van der Waals surface area (Å²) in [6.45, 7) is 3.06. The number of hydrogen-bond acceptors (Lipinski definition) is 7. The lowest BCUT2D eigenvalue weighted by Crippen LogP contribution is -2.50. The summed E-state index contributed by atoms with van der Waals surface area (Å²) in [7, 11) is 0. The zero-order chi connectivity index (χ0) is 28.0. The van der Waals surface area contributed by atoms with Gasteiger partial charge in [-0.15, -0.1) is 0 Å². The Morgan fingerprint density at radius 3 is 2.39 bits per heavy atom. The van der Waals surface area contributed by atoms with Crippen molar-refractivity contribution in [2.45, 2.75) is 50.4 Å². The Labute approximate surface area is 237 Å². The molecule has 0 unspecified atom stereocenters. The fourth-order valence-electron chi connectivity index (χ4n) is 5.90. The molecule has 0 radical (unpaired) electrons. The van der Waals surface area contributed by atoms with Crippen molar-refractivity contribution >= 4 is 16.9 Å². The predicted octanol–water partition coefficient (Wildman–Crippen LogP) is 2.75. The number of fused-ring (bicyclic) bond motifs is 1. The normalized spacial score (nSPS) is 20.4. The molecule has 10 heteroatoms. The molecular weight excluding hydrogens is 520 g/mol. The number of piperidine rings is 1. The number of carbonyl (C=O) groups excluding carboxylic acids is 1. The van der Waals surface area contributed by atoms with E-state index in [1.54, 1.807) is 4.68 Å². The summed E-state index contributed by atoms with van der Waals surface area (Å²) in [6.07, 6.45) is 7.11. The highest BCUT2D eigenvalue weighted by Crippen LogP contribution is 2.33. The molecule has 2 aromatic carbocycles. The molecule has 4 aromatic rings. The largest absolute Gasteiger partial charge is 0.489 e. The van der Waals surface area contributed by atoms with Gasteiger partial charge in [-0.25, -0.2) is 9.67 Å². The third-order valence-corrected chi connectivity index (χ3v) is 8.57. The van der Waals surface area contributed by atoms with Crippen LogP contribution in [0.2, 0.25) is 0 Å². The first kappa shape index (κ1) is 25.9. The molecule has 1 amide bonds. The molecule has 41 heavy (non-hydrogen) atoms. The second-order valence-electron chi connectivity index (χ2n) is 11.6. The van der Waals surface area contributed by atoms with E-state index in [9.17, 15) is 14.7 Å². The van der Waals surface area contributed by atoms with E-state index < -0.39 is 5.60 Å². The molecule has 2 saturated heterocycles. The minimum Gasteiger partial charge on any atom is -0.489 e. The maximum absolute atomic E-state index is 13.3. The lowest BCUT2D eigenvalue weighted by molar-refractivity contribution is -0.137. The van der Waals surface area contributed by atoms with E-state index in [1.165, 1.54) is 17.1 Å². The molecule has 212 valence electrons. The van der Waals surface area contributed by atoms with Crippen molar-refractivity contribution in [2.24, 2.45) is 5.92 Å². The van der Waals surface area contributed by atoms with Gasteiger partial charge in [0.2, 0.25) is 5.91 Å². The smallest absolute Gasteiger partial charge is 0.264 e. The number of carbonyl (C=O) groups is 1. The first-order chi connectivity index (χ1) is 20.0. The van der Waals surface area contributed by atoms with Crippen molar-refractivity contribution in [3.8, 4) is 22.6 Å². The van der Waals surface area contributed by atoms with Crippen LogP contribution in [0.4, 0.5) is 0 Å². The molecule has 1 aliphatic carbocycles. The van der Waals surface area contributed by atoms with Gasteiger partial charge >= 0.3 is 0 Å². The summed E-state index contributed by atoms with van der Waals surface area (Å²) < 4.78 is 9.15. The number of aromatic nitrogens is 4. The van der Waals surface area contributed by atoms with Crippen LogP contribution < -0.4 is 15.6 Å². The Morgan fingerprint density at radius 1 is 1.02 bits per heavy atom. The molecule has 0 spiro atoms.